The highest BCUT2D eigenvalue weighted by atomic mass is 28.4. The van der Waals surface area contributed by atoms with Gasteiger partial charge < -0.3 is 32.3 Å². The third-order valence-corrected chi connectivity index (χ3v) is 17.5. The Morgan fingerprint density at radius 3 is 2.10 bits per heavy atom. The van der Waals surface area contributed by atoms with Gasteiger partial charge in [0.1, 0.15) is 18.1 Å². The van der Waals surface area contributed by atoms with Gasteiger partial charge in [0.25, 0.3) is 0 Å². The number of oxazole rings is 2. The number of hydrogen-bond donors (Lipinski definition) is 1. The van der Waals surface area contributed by atoms with E-state index < -0.39 is 34.6 Å². The van der Waals surface area contributed by atoms with Gasteiger partial charge in [-0.05, 0) is 57.0 Å². The average molecular weight is 583 g/mol. The summed E-state index contributed by atoms with van der Waals surface area (Å²) in [6.07, 6.45) is 2.40. The average Bonchev–Trinajstić information content (AvgIpc) is 3.51. The summed E-state index contributed by atoms with van der Waals surface area (Å²) >= 11 is 0. The molecular formula is C28H50N2O7Si2. The van der Waals surface area contributed by atoms with E-state index in [-0.39, 0.29) is 40.0 Å². The Labute approximate surface area is 236 Å². The zero-order valence-corrected chi connectivity index (χ0v) is 28.1. The zero-order chi connectivity index (χ0) is 29.6. The molecule has 0 bridgehead atoms. The highest BCUT2D eigenvalue weighted by Crippen LogP contribution is 2.44. The van der Waals surface area contributed by atoms with Crippen molar-refractivity contribution in [3.05, 3.63) is 36.2 Å². The molecule has 5 atom stereocenters. The molecule has 1 aliphatic heterocycles. The standard InChI is InChI=1S/C28H50N2O7Si2/c1-18(36-38(10,11)26(2,3)4)24-21(34-28(8,9)35-24)14-20(37-39(12,13)27(5,6)7)19-16-32-25(30-19)23(31)22-15-29-17-33-22/h15-18,20-21,23-24,31H,14H2,1-13H3/t18-,20+,21-,23?,24+/m1/s1. The van der Waals surface area contributed by atoms with Crippen LogP contribution >= 0.6 is 0 Å². The van der Waals surface area contributed by atoms with Crippen LogP contribution in [-0.2, 0) is 18.3 Å². The van der Waals surface area contributed by atoms with Crippen LogP contribution in [0, 0.1) is 0 Å². The van der Waals surface area contributed by atoms with E-state index in [0.717, 1.165) is 0 Å². The van der Waals surface area contributed by atoms with Crippen LogP contribution in [0.25, 0.3) is 0 Å². The predicted octanol–water partition coefficient (Wildman–Crippen LogP) is 7.13. The maximum atomic E-state index is 10.7. The molecule has 1 aliphatic rings. The van der Waals surface area contributed by atoms with Gasteiger partial charge in [0.15, 0.2) is 40.7 Å². The molecule has 0 radical (unpaired) electrons. The maximum absolute atomic E-state index is 10.7. The van der Waals surface area contributed by atoms with Crippen molar-refractivity contribution in [3.8, 4) is 0 Å². The Morgan fingerprint density at radius 1 is 0.974 bits per heavy atom. The molecular weight excluding hydrogens is 532 g/mol. The summed E-state index contributed by atoms with van der Waals surface area (Å²) in [6.45, 7) is 28.2. The second-order valence-electron chi connectivity index (χ2n) is 14.2. The number of aliphatic hydroxyl groups is 1. The van der Waals surface area contributed by atoms with Crippen LogP contribution in [0.1, 0.15) is 98.3 Å². The third kappa shape index (κ3) is 7.49. The second-order valence-corrected chi connectivity index (χ2v) is 23.8. The number of nitrogens with zero attached hydrogens (tertiary/aromatic N) is 2. The van der Waals surface area contributed by atoms with Crippen molar-refractivity contribution in [2.45, 2.75) is 141 Å². The summed E-state index contributed by atoms with van der Waals surface area (Å²) < 4.78 is 37.5. The predicted molar refractivity (Wildman–Crippen MR) is 154 cm³/mol. The molecule has 0 saturated carbocycles. The van der Waals surface area contributed by atoms with Crippen LogP contribution in [0.4, 0.5) is 0 Å². The van der Waals surface area contributed by atoms with Crippen LogP contribution in [-0.4, -0.2) is 55.8 Å². The molecule has 3 rings (SSSR count). The lowest BCUT2D eigenvalue weighted by Crippen LogP contribution is -2.48. The van der Waals surface area contributed by atoms with E-state index in [2.05, 4.69) is 84.6 Å². The van der Waals surface area contributed by atoms with E-state index in [1.165, 1.54) is 12.6 Å². The number of aromatic nitrogens is 2. The Bertz CT molecular complexity index is 1070. The van der Waals surface area contributed by atoms with Crippen LogP contribution in [0.2, 0.25) is 36.3 Å². The summed E-state index contributed by atoms with van der Waals surface area (Å²) in [5.41, 5.74) is 0.596. The highest BCUT2D eigenvalue weighted by molar-refractivity contribution is 6.74. The Morgan fingerprint density at radius 2 is 1.56 bits per heavy atom. The lowest BCUT2D eigenvalue weighted by molar-refractivity contribution is -0.154. The Balaban J connectivity index is 1.92. The van der Waals surface area contributed by atoms with Crippen molar-refractivity contribution in [1.82, 2.24) is 9.97 Å². The molecule has 1 fully saturated rings. The maximum Gasteiger partial charge on any atom is 0.231 e. The van der Waals surface area contributed by atoms with E-state index in [9.17, 15) is 5.11 Å². The monoisotopic (exact) mass is 582 g/mol. The quantitative estimate of drug-likeness (QED) is 0.293. The molecule has 0 aromatic carbocycles. The smallest absolute Gasteiger partial charge is 0.231 e. The van der Waals surface area contributed by atoms with Gasteiger partial charge in [-0.25, -0.2) is 9.97 Å². The first-order chi connectivity index (χ1) is 17.6. The minimum Gasteiger partial charge on any atom is -0.445 e. The zero-order valence-electron chi connectivity index (χ0n) is 26.1. The minimum absolute atomic E-state index is 0.0262. The van der Waals surface area contributed by atoms with Crippen molar-refractivity contribution in [3.63, 3.8) is 0 Å². The normalized spacial score (nSPS) is 23.1. The molecule has 1 saturated heterocycles. The van der Waals surface area contributed by atoms with Crippen molar-refractivity contribution >= 4 is 16.6 Å². The van der Waals surface area contributed by atoms with Gasteiger partial charge in [-0.2, -0.15) is 0 Å². The molecule has 0 amide bonds. The summed E-state index contributed by atoms with van der Waals surface area (Å²) in [5.74, 6) is -0.379. The molecule has 39 heavy (non-hydrogen) atoms. The van der Waals surface area contributed by atoms with E-state index >= 15 is 0 Å². The summed E-state index contributed by atoms with van der Waals surface area (Å²) in [4.78, 5) is 8.52. The van der Waals surface area contributed by atoms with Crippen LogP contribution < -0.4 is 0 Å². The first-order valence-electron chi connectivity index (χ1n) is 13.9. The Hall–Kier alpha value is -1.35. The molecule has 9 nitrogen and oxygen atoms in total. The van der Waals surface area contributed by atoms with E-state index in [0.29, 0.717) is 12.1 Å². The van der Waals surface area contributed by atoms with Crippen molar-refractivity contribution in [2.24, 2.45) is 0 Å². The molecule has 0 aliphatic carbocycles. The molecule has 1 unspecified atom stereocenters. The van der Waals surface area contributed by atoms with Gasteiger partial charge in [0.2, 0.25) is 5.89 Å². The molecule has 2 aromatic heterocycles. The molecule has 0 spiro atoms. The van der Waals surface area contributed by atoms with E-state index in [1.54, 1.807) is 6.26 Å². The first-order valence-corrected chi connectivity index (χ1v) is 19.7. The number of aliphatic hydroxyl groups excluding tert-OH is 1. The van der Waals surface area contributed by atoms with Gasteiger partial charge in [-0.15, -0.1) is 0 Å². The number of ether oxygens (including phenoxy) is 2. The lowest BCUT2D eigenvalue weighted by atomic mass is 10.0. The number of rotatable bonds is 10. The SMILES string of the molecule is C[C@@H](O[Si](C)(C)C(C)(C)C)[C@@H]1OC(C)(C)O[C@@H]1C[C@H](O[Si](C)(C)C(C)(C)C)c1coc(C(O)c2cnco2)n1. The highest BCUT2D eigenvalue weighted by Gasteiger charge is 2.49. The first kappa shape index (κ1) is 32.2. The van der Waals surface area contributed by atoms with Crippen molar-refractivity contribution in [2.75, 3.05) is 0 Å². The summed E-state index contributed by atoms with van der Waals surface area (Å²) in [6, 6.07) is 0. The second kappa shape index (κ2) is 11.1. The topological polar surface area (TPSA) is 109 Å². The molecule has 1 N–H and O–H groups in total. The van der Waals surface area contributed by atoms with E-state index in [4.69, 9.17) is 27.2 Å². The lowest BCUT2D eigenvalue weighted by Gasteiger charge is -2.41. The van der Waals surface area contributed by atoms with Gasteiger partial charge >= 0.3 is 0 Å². The number of hydrogen-bond acceptors (Lipinski definition) is 9. The van der Waals surface area contributed by atoms with Gasteiger partial charge in [-0.1, -0.05) is 41.5 Å². The fourth-order valence-electron chi connectivity index (χ4n) is 4.18. The fourth-order valence-corrected chi connectivity index (χ4v) is 6.88. The largest absolute Gasteiger partial charge is 0.445 e. The minimum atomic E-state index is -2.24. The molecule has 222 valence electrons. The van der Waals surface area contributed by atoms with Gasteiger partial charge in [0.05, 0.1) is 24.5 Å². The Kier molecular flexibility index (Phi) is 9.20. The van der Waals surface area contributed by atoms with E-state index in [1.807, 2.05) is 13.8 Å². The summed E-state index contributed by atoms with van der Waals surface area (Å²) in [5, 5.41) is 10.7. The fraction of sp³-hybridized carbons (Fsp3) is 0.786. The van der Waals surface area contributed by atoms with Crippen LogP contribution in [0.3, 0.4) is 0 Å². The molecule has 11 heteroatoms. The molecule has 3 heterocycles. The van der Waals surface area contributed by atoms with Crippen molar-refractivity contribution < 1.29 is 32.3 Å². The summed E-state index contributed by atoms with van der Waals surface area (Å²) in [7, 11) is -4.28. The van der Waals surface area contributed by atoms with Gasteiger partial charge in [0, 0.05) is 6.42 Å². The van der Waals surface area contributed by atoms with Crippen LogP contribution in [0.5, 0.6) is 0 Å². The van der Waals surface area contributed by atoms with Gasteiger partial charge in [-0.3, -0.25) is 0 Å². The van der Waals surface area contributed by atoms with Crippen molar-refractivity contribution in [1.29, 1.82) is 0 Å². The van der Waals surface area contributed by atoms with Crippen LogP contribution in [0.15, 0.2) is 27.7 Å². The third-order valence-electron chi connectivity index (χ3n) is 8.48. The molecule has 2 aromatic rings.